The van der Waals surface area contributed by atoms with Gasteiger partial charge in [0, 0.05) is 30.6 Å². The molecule has 9 heteroatoms. The van der Waals surface area contributed by atoms with E-state index in [1.807, 2.05) is 6.92 Å². The van der Waals surface area contributed by atoms with Gasteiger partial charge in [-0.1, -0.05) is 12.1 Å². The lowest BCUT2D eigenvalue weighted by atomic mass is 9.88. The first-order chi connectivity index (χ1) is 15.9. The number of nitrogens with one attached hydrogen (secondary N) is 2. The minimum absolute atomic E-state index is 0.0130. The number of amides is 2. The number of hydrogen-bond acceptors (Lipinski definition) is 6. The van der Waals surface area contributed by atoms with E-state index in [0.29, 0.717) is 37.8 Å². The average Bonchev–Trinajstić information content (AvgIpc) is 3.27. The van der Waals surface area contributed by atoms with Crippen LogP contribution in [0, 0.1) is 5.92 Å². The van der Waals surface area contributed by atoms with Gasteiger partial charge in [0.25, 0.3) is 5.91 Å². The summed E-state index contributed by atoms with van der Waals surface area (Å²) < 4.78 is 31.6. The van der Waals surface area contributed by atoms with Gasteiger partial charge in [0.1, 0.15) is 0 Å². The fraction of sp³-hybridized carbons (Fsp3) is 0.375. The first kappa shape index (κ1) is 23.0. The van der Waals surface area contributed by atoms with Crippen LogP contribution in [0.15, 0.2) is 58.1 Å². The van der Waals surface area contributed by atoms with Crippen molar-refractivity contribution >= 4 is 32.6 Å². The Morgan fingerprint density at radius 1 is 1.06 bits per heavy atom. The SMILES string of the molecule is CCNC(=O)C1CCC(S(=O)(=O)c2ccc(CNC(=O)c3cc4ccncc4o3)cc2)CC1. The van der Waals surface area contributed by atoms with E-state index in [0.717, 1.165) is 10.9 Å². The van der Waals surface area contributed by atoms with Crippen LogP contribution < -0.4 is 10.6 Å². The number of carbonyl (C=O) groups is 2. The highest BCUT2D eigenvalue weighted by Crippen LogP contribution is 2.32. The smallest absolute Gasteiger partial charge is 0.287 e. The summed E-state index contributed by atoms with van der Waals surface area (Å²) in [6.45, 7) is 2.70. The molecule has 33 heavy (non-hydrogen) atoms. The van der Waals surface area contributed by atoms with Crippen LogP contribution >= 0.6 is 0 Å². The molecule has 4 rings (SSSR count). The monoisotopic (exact) mass is 469 g/mol. The molecule has 174 valence electrons. The molecule has 1 saturated carbocycles. The van der Waals surface area contributed by atoms with Gasteiger partial charge in [-0.25, -0.2) is 8.42 Å². The Labute approximate surface area is 192 Å². The van der Waals surface area contributed by atoms with E-state index >= 15 is 0 Å². The van der Waals surface area contributed by atoms with E-state index in [9.17, 15) is 18.0 Å². The molecule has 8 nitrogen and oxygen atoms in total. The summed E-state index contributed by atoms with van der Waals surface area (Å²) in [4.78, 5) is 28.6. The molecule has 2 amide bonds. The molecule has 0 atom stereocenters. The summed E-state index contributed by atoms with van der Waals surface area (Å²) in [7, 11) is -3.47. The lowest BCUT2D eigenvalue weighted by Gasteiger charge is -2.27. The zero-order chi connectivity index (χ0) is 23.4. The summed E-state index contributed by atoms with van der Waals surface area (Å²) in [5, 5.41) is 5.92. The maximum Gasteiger partial charge on any atom is 0.287 e. The molecule has 1 fully saturated rings. The van der Waals surface area contributed by atoms with E-state index in [1.54, 1.807) is 48.8 Å². The van der Waals surface area contributed by atoms with Crippen LogP contribution in [0.3, 0.4) is 0 Å². The third-order valence-corrected chi connectivity index (χ3v) is 8.36. The second-order valence-corrected chi connectivity index (χ2v) is 10.5. The number of hydrogen-bond donors (Lipinski definition) is 2. The standard InChI is InChI=1S/C24H27N3O5S/c1-2-26-23(28)17-5-9-20(10-6-17)33(30,31)19-7-3-16(4-8-19)14-27-24(29)21-13-18-11-12-25-15-22(18)32-21/h3-4,7-8,11-13,15,17,20H,2,5-6,9-10,14H2,1H3,(H,26,28)(H,27,29). The number of rotatable bonds is 7. The van der Waals surface area contributed by atoms with Crippen LogP contribution in [0.5, 0.6) is 0 Å². The maximum absolute atomic E-state index is 13.0. The van der Waals surface area contributed by atoms with Gasteiger partial charge in [-0.2, -0.15) is 0 Å². The molecule has 2 aromatic heterocycles. The van der Waals surface area contributed by atoms with Crippen molar-refractivity contribution in [2.24, 2.45) is 5.92 Å². The first-order valence-corrected chi connectivity index (χ1v) is 12.7. The maximum atomic E-state index is 13.0. The third kappa shape index (κ3) is 5.08. The Balaban J connectivity index is 1.34. The topological polar surface area (TPSA) is 118 Å². The number of aromatic nitrogens is 1. The molecule has 3 aromatic rings. The Morgan fingerprint density at radius 2 is 1.79 bits per heavy atom. The zero-order valence-electron chi connectivity index (χ0n) is 18.4. The second kappa shape index (κ2) is 9.74. The predicted molar refractivity (Wildman–Crippen MR) is 123 cm³/mol. The Morgan fingerprint density at radius 3 is 2.45 bits per heavy atom. The molecule has 1 aliphatic carbocycles. The molecule has 2 N–H and O–H groups in total. The molecule has 0 bridgehead atoms. The lowest BCUT2D eigenvalue weighted by molar-refractivity contribution is -0.125. The van der Waals surface area contributed by atoms with Gasteiger partial charge < -0.3 is 15.1 Å². The fourth-order valence-corrected chi connectivity index (χ4v) is 6.00. The molecule has 1 aromatic carbocycles. The summed E-state index contributed by atoms with van der Waals surface area (Å²) in [6.07, 6.45) is 5.31. The number of pyridine rings is 1. The van der Waals surface area contributed by atoms with Crippen molar-refractivity contribution in [2.75, 3.05) is 6.54 Å². The first-order valence-electron chi connectivity index (χ1n) is 11.1. The predicted octanol–water partition coefficient (Wildman–Crippen LogP) is 3.23. The van der Waals surface area contributed by atoms with Crippen molar-refractivity contribution in [3.8, 4) is 0 Å². The van der Waals surface area contributed by atoms with Gasteiger partial charge in [-0.05, 0) is 62.4 Å². The van der Waals surface area contributed by atoms with Gasteiger partial charge in [0.15, 0.2) is 21.2 Å². The number of furan rings is 1. The second-order valence-electron chi connectivity index (χ2n) is 8.26. The largest absolute Gasteiger partial charge is 0.449 e. The number of carbonyl (C=O) groups excluding carboxylic acids is 2. The molecule has 0 radical (unpaired) electrons. The Bertz CT molecular complexity index is 1210. The minimum atomic E-state index is -3.47. The molecule has 0 unspecified atom stereocenters. The summed E-state index contributed by atoms with van der Waals surface area (Å²) in [5.74, 6) is -0.253. The molecular formula is C24H27N3O5S. The Kier molecular flexibility index (Phi) is 6.78. The number of benzene rings is 1. The molecule has 0 saturated heterocycles. The van der Waals surface area contributed by atoms with E-state index in [-0.39, 0.29) is 34.9 Å². The van der Waals surface area contributed by atoms with Crippen LogP contribution in [0.25, 0.3) is 11.0 Å². The summed E-state index contributed by atoms with van der Waals surface area (Å²) in [5.41, 5.74) is 1.32. The van der Waals surface area contributed by atoms with Crippen LogP contribution in [0.1, 0.15) is 48.7 Å². The van der Waals surface area contributed by atoms with Gasteiger partial charge >= 0.3 is 0 Å². The van der Waals surface area contributed by atoms with Crippen molar-refractivity contribution < 1.29 is 22.4 Å². The van der Waals surface area contributed by atoms with Crippen molar-refractivity contribution in [3.05, 3.63) is 60.1 Å². The summed E-state index contributed by atoms with van der Waals surface area (Å²) in [6, 6.07) is 10.00. The van der Waals surface area contributed by atoms with Crippen molar-refractivity contribution in [3.63, 3.8) is 0 Å². The van der Waals surface area contributed by atoms with E-state index in [1.165, 1.54) is 0 Å². The molecular weight excluding hydrogens is 442 g/mol. The zero-order valence-corrected chi connectivity index (χ0v) is 19.2. The van der Waals surface area contributed by atoms with Gasteiger partial charge in [-0.15, -0.1) is 0 Å². The highest BCUT2D eigenvalue weighted by molar-refractivity contribution is 7.92. The number of nitrogens with zero attached hydrogens (tertiary/aromatic N) is 1. The Hall–Kier alpha value is -3.20. The number of fused-ring (bicyclic) bond motifs is 1. The van der Waals surface area contributed by atoms with Crippen LogP contribution in [0.4, 0.5) is 0 Å². The van der Waals surface area contributed by atoms with E-state index in [2.05, 4.69) is 15.6 Å². The van der Waals surface area contributed by atoms with Gasteiger partial charge in [0.05, 0.1) is 16.3 Å². The summed E-state index contributed by atoms with van der Waals surface area (Å²) >= 11 is 0. The van der Waals surface area contributed by atoms with Crippen molar-refractivity contribution in [1.82, 2.24) is 15.6 Å². The highest BCUT2D eigenvalue weighted by Gasteiger charge is 2.34. The molecule has 2 heterocycles. The third-order valence-electron chi connectivity index (χ3n) is 6.09. The fourth-order valence-electron chi connectivity index (χ4n) is 4.21. The minimum Gasteiger partial charge on any atom is -0.449 e. The number of sulfone groups is 1. The van der Waals surface area contributed by atoms with Crippen molar-refractivity contribution in [1.29, 1.82) is 0 Å². The normalized spacial score (nSPS) is 18.7. The van der Waals surface area contributed by atoms with E-state index in [4.69, 9.17) is 4.42 Å². The van der Waals surface area contributed by atoms with Crippen LogP contribution in [-0.4, -0.2) is 37.0 Å². The molecule has 0 aliphatic heterocycles. The molecule has 0 spiro atoms. The van der Waals surface area contributed by atoms with Crippen LogP contribution in [0.2, 0.25) is 0 Å². The quantitative estimate of drug-likeness (QED) is 0.548. The van der Waals surface area contributed by atoms with Gasteiger partial charge in [0.2, 0.25) is 5.91 Å². The molecule has 1 aliphatic rings. The highest BCUT2D eigenvalue weighted by atomic mass is 32.2. The lowest BCUT2D eigenvalue weighted by Crippen LogP contribution is -2.36. The average molecular weight is 470 g/mol. The van der Waals surface area contributed by atoms with Crippen molar-refractivity contribution in [2.45, 2.75) is 49.3 Å². The van der Waals surface area contributed by atoms with Gasteiger partial charge in [-0.3, -0.25) is 14.6 Å². The van der Waals surface area contributed by atoms with Crippen LogP contribution in [-0.2, 0) is 21.2 Å². The van der Waals surface area contributed by atoms with E-state index < -0.39 is 15.1 Å².